The minimum atomic E-state index is -4.54. The van der Waals surface area contributed by atoms with E-state index in [2.05, 4.69) is 4.98 Å². The fourth-order valence-electron chi connectivity index (χ4n) is 2.81. The number of benzene rings is 1. The number of nitrogen functional groups attached to an aromatic ring is 1. The van der Waals surface area contributed by atoms with Gasteiger partial charge in [-0.05, 0) is 36.4 Å². The van der Waals surface area contributed by atoms with Crippen molar-refractivity contribution in [3.8, 4) is 0 Å². The molecule has 7 nitrogen and oxygen atoms in total. The number of halogens is 3. The highest BCUT2D eigenvalue weighted by Gasteiger charge is 2.33. The quantitative estimate of drug-likeness (QED) is 0.827. The van der Waals surface area contributed by atoms with Crippen molar-refractivity contribution in [1.29, 1.82) is 0 Å². The third-order valence-electron chi connectivity index (χ3n) is 4.38. The molecule has 2 N–H and O–H groups in total. The predicted octanol–water partition coefficient (Wildman–Crippen LogP) is 1.83. The summed E-state index contributed by atoms with van der Waals surface area (Å²) in [5.74, 6) is -0.0110. The minimum Gasteiger partial charge on any atom is -0.384 e. The predicted molar refractivity (Wildman–Crippen MR) is 94.8 cm³/mol. The van der Waals surface area contributed by atoms with Crippen LogP contribution in [0.15, 0.2) is 47.5 Å². The third kappa shape index (κ3) is 4.09. The van der Waals surface area contributed by atoms with Gasteiger partial charge in [0.15, 0.2) is 0 Å². The molecule has 1 amide bonds. The first-order valence-corrected chi connectivity index (χ1v) is 9.71. The molecule has 1 fully saturated rings. The Morgan fingerprint density at radius 1 is 1.00 bits per heavy atom. The normalized spacial score (nSPS) is 16.2. The van der Waals surface area contributed by atoms with E-state index in [1.165, 1.54) is 23.2 Å². The molecule has 0 aliphatic carbocycles. The van der Waals surface area contributed by atoms with Gasteiger partial charge < -0.3 is 10.6 Å². The first-order chi connectivity index (χ1) is 13.1. The summed E-state index contributed by atoms with van der Waals surface area (Å²) in [5.41, 5.74) is 4.91. The van der Waals surface area contributed by atoms with Crippen LogP contribution in [-0.2, 0) is 16.2 Å². The van der Waals surface area contributed by atoms with Crippen molar-refractivity contribution in [1.82, 2.24) is 14.2 Å². The van der Waals surface area contributed by atoms with Crippen LogP contribution < -0.4 is 5.73 Å². The molecule has 28 heavy (non-hydrogen) atoms. The van der Waals surface area contributed by atoms with E-state index in [0.29, 0.717) is 5.56 Å². The highest BCUT2D eigenvalue weighted by atomic mass is 32.2. The zero-order valence-electron chi connectivity index (χ0n) is 14.6. The number of amides is 1. The van der Waals surface area contributed by atoms with Crippen molar-refractivity contribution in [2.75, 3.05) is 31.9 Å². The highest BCUT2D eigenvalue weighted by molar-refractivity contribution is 7.89. The van der Waals surface area contributed by atoms with E-state index in [9.17, 15) is 26.4 Å². The summed E-state index contributed by atoms with van der Waals surface area (Å²) < 4.78 is 64.4. The number of sulfonamides is 1. The molecule has 2 aromatic rings. The molecule has 150 valence electrons. The number of anilines is 1. The minimum absolute atomic E-state index is 0.0392. The summed E-state index contributed by atoms with van der Waals surface area (Å²) in [6.45, 7) is 0.390. The molecule has 0 saturated carbocycles. The summed E-state index contributed by atoms with van der Waals surface area (Å²) in [4.78, 5) is 17.6. The average molecular weight is 414 g/mol. The van der Waals surface area contributed by atoms with Crippen LogP contribution >= 0.6 is 0 Å². The average Bonchev–Trinajstić information content (AvgIpc) is 2.67. The summed E-state index contributed by atoms with van der Waals surface area (Å²) >= 11 is 0. The number of hydrogen-bond acceptors (Lipinski definition) is 5. The van der Waals surface area contributed by atoms with Gasteiger partial charge in [-0.3, -0.25) is 4.79 Å². The Hall–Kier alpha value is -2.66. The lowest BCUT2D eigenvalue weighted by Crippen LogP contribution is -2.50. The fourth-order valence-corrected chi connectivity index (χ4v) is 4.23. The van der Waals surface area contributed by atoms with Crippen molar-refractivity contribution in [2.45, 2.75) is 11.1 Å². The second kappa shape index (κ2) is 7.40. The monoisotopic (exact) mass is 414 g/mol. The molecule has 1 aromatic heterocycles. The van der Waals surface area contributed by atoms with E-state index in [1.807, 2.05) is 0 Å². The smallest absolute Gasteiger partial charge is 0.384 e. The largest absolute Gasteiger partial charge is 0.416 e. The first-order valence-electron chi connectivity index (χ1n) is 8.27. The highest BCUT2D eigenvalue weighted by Crippen LogP contribution is 2.30. The number of aromatic nitrogens is 1. The van der Waals surface area contributed by atoms with Gasteiger partial charge in [0.05, 0.1) is 16.0 Å². The van der Waals surface area contributed by atoms with E-state index >= 15 is 0 Å². The number of piperazine rings is 1. The first kappa shape index (κ1) is 20.1. The molecule has 1 aliphatic heterocycles. The van der Waals surface area contributed by atoms with Gasteiger partial charge in [-0.25, -0.2) is 13.4 Å². The lowest BCUT2D eigenvalue weighted by Gasteiger charge is -2.34. The van der Waals surface area contributed by atoms with Crippen molar-refractivity contribution in [3.63, 3.8) is 0 Å². The number of carbonyl (C=O) groups is 1. The molecule has 2 heterocycles. The summed E-state index contributed by atoms with van der Waals surface area (Å²) in [7, 11) is -3.94. The van der Waals surface area contributed by atoms with E-state index < -0.39 is 21.8 Å². The molecule has 3 rings (SSSR count). The number of hydrogen-bond donors (Lipinski definition) is 1. The van der Waals surface area contributed by atoms with Crippen LogP contribution in [0.25, 0.3) is 0 Å². The van der Waals surface area contributed by atoms with E-state index in [1.54, 1.807) is 0 Å². The molecule has 11 heteroatoms. The zero-order chi connectivity index (χ0) is 20.5. The van der Waals surface area contributed by atoms with Gasteiger partial charge in [0, 0.05) is 32.4 Å². The molecule has 1 aromatic carbocycles. The van der Waals surface area contributed by atoms with Crippen LogP contribution in [-0.4, -0.2) is 54.7 Å². The molecule has 0 spiro atoms. The standard InChI is InChI=1S/C17H17F3N4O3S/c18-17(19,20)13-2-4-14(5-3-13)28(26,27)24-9-7-23(8-10-24)16(25)12-1-6-15(21)22-11-12/h1-6,11H,7-10H2,(H2,21,22). The van der Waals surface area contributed by atoms with E-state index in [-0.39, 0.29) is 42.8 Å². The Labute approximate surface area is 159 Å². The van der Waals surface area contributed by atoms with Crippen molar-refractivity contribution in [3.05, 3.63) is 53.7 Å². The van der Waals surface area contributed by atoms with Crippen LogP contribution in [0.2, 0.25) is 0 Å². The Kier molecular flexibility index (Phi) is 5.31. The third-order valence-corrected chi connectivity index (χ3v) is 6.29. The maximum absolute atomic E-state index is 12.6. The molecule has 0 bridgehead atoms. The molecule has 0 radical (unpaired) electrons. The van der Waals surface area contributed by atoms with Gasteiger partial charge in [0.1, 0.15) is 5.82 Å². The Morgan fingerprint density at radius 3 is 2.11 bits per heavy atom. The van der Waals surface area contributed by atoms with Crippen LogP contribution in [0.1, 0.15) is 15.9 Å². The van der Waals surface area contributed by atoms with Crippen molar-refractivity contribution < 1.29 is 26.4 Å². The molecule has 0 atom stereocenters. The van der Waals surface area contributed by atoms with Crippen molar-refractivity contribution in [2.24, 2.45) is 0 Å². The van der Waals surface area contributed by atoms with Gasteiger partial charge in [-0.15, -0.1) is 0 Å². The number of nitrogens with two attached hydrogens (primary N) is 1. The van der Waals surface area contributed by atoms with Gasteiger partial charge >= 0.3 is 6.18 Å². The Bertz CT molecular complexity index is 953. The molecular formula is C17H17F3N4O3S. The maximum atomic E-state index is 12.6. The summed E-state index contributed by atoms with van der Waals surface area (Å²) in [6.07, 6.45) is -3.19. The van der Waals surface area contributed by atoms with E-state index in [0.717, 1.165) is 28.6 Å². The van der Waals surface area contributed by atoms with Crippen LogP contribution in [0.4, 0.5) is 19.0 Å². The number of nitrogens with zero attached hydrogens (tertiary/aromatic N) is 3. The summed E-state index contributed by atoms with van der Waals surface area (Å²) in [5, 5.41) is 0. The number of rotatable bonds is 3. The molecule has 1 aliphatic rings. The molecular weight excluding hydrogens is 397 g/mol. The topological polar surface area (TPSA) is 96.6 Å². The zero-order valence-corrected chi connectivity index (χ0v) is 15.4. The van der Waals surface area contributed by atoms with Crippen molar-refractivity contribution >= 4 is 21.7 Å². The number of alkyl halides is 3. The van der Waals surface area contributed by atoms with E-state index in [4.69, 9.17) is 5.73 Å². The van der Waals surface area contributed by atoms with Crippen LogP contribution in [0.5, 0.6) is 0 Å². The molecule has 1 saturated heterocycles. The van der Waals surface area contributed by atoms with Crippen LogP contribution in [0, 0.1) is 0 Å². The number of pyridine rings is 1. The Morgan fingerprint density at radius 2 is 1.61 bits per heavy atom. The second-order valence-electron chi connectivity index (χ2n) is 6.19. The lowest BCUT2D eigenvalue weighted by atomic mass is 10.2. The Balaban J connectivity index is 1.68. The molecule has 0 unspecified atom stereocenters. The van der Waals surface area contributed by atoms with Gasteiger partial charge in [0.25, 0.3) is 5.91 Å². The van der Waals surface area contributed by atoms with Gasteiger partial charge in [0.2, 0.25) is 10.0 Å². The lowest BCUT2D eigenvalue weighted by molar-refractivity contribution is -0.137. The van der Waals surface area contributed by atoms with Gasteiger partial charge in [-0.1, -0.05) is 0 Å². The number of carbonyl (C=O) groups excluding carboxylic acids is 1. The van der Waals surface area contributed by atoms with Gasteiger partial charge in [-0.2, -0.15) is 17.5 Å². The second-order valence-corrected chi connectivity index (χ2v) is 8.13. The SMILES string of the molecule is Nc1ccc(C(=O)N2CCN(S(=O)(=O)c3ccc(C(F)(F)F)cc3)CC2)cn1. The summed E-state index contributed by atoms with van der Waals surface area (Å²) in [6, 6.07) is 6.39. The maximum Gasteiger partial charge on any atom is 0.416 e. The van der Waals surface area contributed by atoms with Crippen LogP contribution in [0.3, 0.4) is 0 Å². The fraction of sp³-hybridized carbons (Fsp3) is 0.294.